The van der Waals surface area contributed by atoms with Gasteiger partial charge in [0.1, 0.15) is 5.75 Å². The van der Waals surface area contributed by atoms with Crippen molar-refractivity contribution in [3.05, 3.63) is 29.3 Å². The fourth-order valence-corrected chi connectivity index (χ4v) is 2.12. The Morgan fingerprint density at radius 2 is 2.25 bits per heavy atom. The van der Waals surface area contributed by atoms with E-state index in [4.69, 9.17) is 21.1 Å². The van der Waals surface area contributed by atoms with Gasteiger partial charge in [-0.25, -0.2) is 4.79 Å². The molecule has 0 radical (unpaired) electrons. The Bertz CT molecular complexity index is 433. The molecule has 2 rings (SSSR count). The molecule has 1 heterocycles. The molecule has 2 N–H and O–H groups in total. The first kappa shape index (κ1) is 14.9. The van der Waals surface area contributed by atoms with Crippen molar-refractivity contribution in [3.63, 3.8) is 0 Å². The second-order valence-corrected chi connectivity index (χ2v) is 5.14. The summed E-state index contributed by atoms with van der Waals surface area (Å²) < 4.78 is 11.0. The Morgan fingerprint density at radius 3 is 2.90 bits per heavy atom. The van der Waals surface area contributed by atoms with Crippen molar-refractivity contribution in [2.24, 2.45) is 0 Å². The highest BCUT2D eigenvalue weighted by Crippen LogP contribution is 2.16. The van der Waals surface area contributed by atoms with Crippen LogP contribution in [-0.4, -0.2) is 31.5 Å². The maximum atomic E-state index is 11.7. The number of hydrogen-bond acceptors (Lipinski definition) is 3. The maximum absolute atomic E-state index is 11.7. The van der Waals surface area contributed by atoms with Crippen LogP contribution in [0.5, 0.6) is 5.75 Å². The number of carbonyl (C=O) groups excluding carboxylic acids is 1. The zero-order valence-corrected chi connectivity index (χ0v) is 12.2. The van der Waals surface area contributed by atoms with Gasteiger partial charge in [-0.15, -0.1) is 0 Å². The lowest BCUT2D eigenvalue weighted by molar-refractivity contribution is 0.110. The number of nitrogens with one attached hydrogen (secondary N) is 2. The van der Waals surface area contributed by atoms with E-state index >= 15 is 0 Å². The van der Waals surface area contributed by atoms with Crippen LogP contribution in [0.1, 0.15) is 19.8 Å². The van der Waals surface area contributed by atoms with Gasteiger partial charge in [0.15, 0.2) is 6.23 Å². The quantitative estimate of drug-likeness (QED) is 0.821. The van der Waals surface area contributed by atoms with Crippen LogP contribution in [-0.2, 0) is 4.74 Å². The highest BCUT2D eigenvalue weighted by Gasteiger charge is 2.16. The van der Waals surface area contributed by atoms with Gasteiger partial charge in [0.25, 0.3) is 0 Å². The predicted molar refractivity (Wildman–Crippen MR) is 77.1 cm³/mol. The molecule has 5 nitrogen and oxygen atoms in total. The molecule has 110 valence electrons. The van der Waals surface area contributed by atoms with Crippen LogP contribution in [0, 0.1) is 0 Å². The van der Waals surface area contributed by atoms with E-state index < -0.39 is 6.23 Å². The van der Waals surface area contributed by atoms with E-state index in [2.05, 4.69) is 10.6 Å². The van der Waals surface area contributed by atoms with Crippen molar-refractivity contribution in [1.29, 1.82) is 0 Å². The van der Waals surface area contributed by atoms with E-state index in [1.54, 1.807) is 31.2 Å². The van der Waals surface area contributed by atoms with Crippen LogP contribution in [0.3, 0.4) is 0 Å². The number of amides is 2. The Kier molecular flexibility index (Phi) is 5.49. The molecule has 6 heteroatoms. The zero-order chi connectivity index (χ0) is 14.4. The van der Waals surface area contributed by atoms with Gasteiger partial charge in [-0.2, -0.15) is 0 Å². The van der Waals surface area contributed by atoms with E-state index in [9.17, 15) is 4.79 Å². The van der Waals surface area contributed by atoms with Gasteiger partial charge in [0.2, 0.25) is 0 Å². The largest absolute Gasteiger partial charge is 0.471 e. The van der Waals surface area contributed by atoms with E-state index in [0.29, 0.717) is 17.3 Å². The molecule has 20 heavy (non-hydrogen) atoms. The Labute approximate surface area is 123 Å². The van der Waals surface area contributed by atoms with Gasteiger partial charge in [-0.3, -0.25) is 0 Å². The lowest BCUT2D eigenvalue weighted by Gasteiger charge is -2.17. The summed E-state index contributed by atoms with van der Waals surface area (Å²) in [7, 11) is 0. The summed E-state index contributed by atoms with van der Waals surface area (Å²) in [5, 5.41) is 6.13. The summed E-state index contributed by atoms with van der Waals surface area (Å²) in [6, 6.07) is 6.72. The number of ether oxygens (including phenoxy) is 2. The fourth-order valence-electron chi connectivity index (χ4n) is 1.99. The first-order valence-corrected chi connectivity index (χ1v) is 7.09. The van der Waals surface area contributed by atoms with Crippen molar-refractivity contribution >= 4 is 17.6 Å². The molecule has 0 aromatic heterocycles. The first-order chi connectivity index (χ1) is 9.63. The molecule has 1 aliphatic heterocycles. The molecule has 1 aromatic carbocycles. The molecule has 1 saturated heterocycles. The number of rotatable bonds is 5. The fraction of sp³-hybridized carbons (Fsp3) is 0.500. The molecular formula is C14H19ClN2O3. The van der Waals surface area contributed by atoms with Gasteiger partial charge < -0.3 is 20.1 Å². The molecular weight excluding hydrogens is 280 g/mol. The van der Waals surface area contributed by atoms with Gasteiger partial charge in [-0.05, 0) is 44.0 Å². The number of hydrogen-bond donors (Lipinski definition) is 2. The van der Waals surface area contributed by atoms with Crippen molar-refractivity contribution in [3.8, 4) is 5.75 Å². The number of carbonyl (C=O) groups is 1. The summed E-state index contributed by atoms with van der Waals surface area (Å²) >= 11 is 5.79. The van der Waals surface area contributed by atoms with Crippen LogP contribution in [0.15, 0.2) is 24.3 Å². The number of urea groups is 1. The van der Waals surface area contributed by atoms with E-state index in [-0.39, 0.29) is 12.1 Å². The first-order valence-electron chi connectivity index (χ1n) is 6.71. The van der Waals surface area contributed by atoms with Crippen molar-refractivity contribution < 1.29 is 14.3 Å². The molecule has 0 spiro atoms. The smallest absolute Gasteiger partial charge is 0.317 e. The molecule has 0 aliphatic carbocycles. The van der Waals surface area contributed by atoms with Gasteiger partial charge in [0.05, 0.1) is 6.10 Å². The number of benzene rings is 1. The van der Waals surface area contributed by atoms with Gasteiger partial charge in [-0.1, -0.05) is 11.6 Å². The van der Waals surface area contributed by atoms with Crippen molar-refractivity contribution in [1.82, 2.24) is 10.6 Å². The highest BCUT2D eigenvalue weighted by molar-refractivity contribution is 6.30. The summed E-state index contributed by atoms with van der Waals surface area (Å²) in [5.41, 5.74) is 0. The summed E-state index contributed by atoms with van der Waals surface area (Å²) in [4.78, 5) is 11.7. The minimum atomic E-state index is -0.430. The van der Waals surface area contributed by atoms with Crippen LogP contribution >= 0.6 is 11.6 Å². The lowest BCUT2D eigenvalue weighted by atomic mass is 10.2. The third-order valence-corrected chi connectivity index (χ3v) is 3.23. The molecule has 1 fully saturated rings. The average Bonchev–Trinajstić information content (AvgIpc) is 2.92. The van der Waals surface area contributed by atoms with Crippen LogP contribution < -0.4 is 15.4 Å². The normalized spacial score (nSPS) is 19.4. The second kappa shape index (κ2) is 7.36. The summed E-state index contributed by atoms with van der Waals surface area (Å²) in [6.45, 7) is 3.07. The maximum Gasteiger partial charge on any atom is 0.317 e. The van der Waals surface area contributed by atoms with Crippen molar-refractivity contribution in [2.45, 2.75) is 32.1 Å². The van der Waals surface area contributed by atoms with E-state index in [1.807, 2.05) is 0 Å². The number of halogens is 1. The van der Waals surface area contributed by atoms with Gasteiger partial charge >= 0.3 is 6.03 Å². The third kappa shape index (κ3) is 4.90. The Morgan fingerprint density at radius 1 is 1.50 bits per heavy atom. The topological polar surface area (TPSA) is 59.6 Å². The summed E-state index contributed by atoms with van der Waals surface area (Å²) in [5.74, 6) is 0.654. The standard InChI is InChI=1S/C14H19ClN2O3/c1-10(20-12-6-4-11(15)5-7-12)17-14(18)16-9-13-3-2-8-19-13/h4-7,10,13H,2-3,8-9H2,1H3,(H2,16,17,18). The Balaban J connectivity index is 1.68. The molecule has 2 amide bonds. The van der Waals surface area contributed by atoms with E-state index in [0.717, 1.165) is 19.4 Å². The minimum Gasteiger partial charge on any atom is -0.471 e. The average molecular weight is 299 g/mol. The summed E-state index contributed by atoms with van der Waals surface area (Å²) in [6.07, 6.45) is 1.76. The second-order valence-electron chi connectivity index (χ2n) is 4.70. The minimum absolute atomic E-state index is 0.133. The zero-order valence-electron chi connectivity index (χ0n) is 11.4. The highest BCUT2D eigenvalue weighted by atomic mass is 35.5. The molecule has 2 unspecified atom stereocenters. The van der Waals surface area contributed by atoms with E-state index in [1.165, 1.54) is 0 Å². The molecule has 0 bridgehead atoms. The molecule has 1 aliphatic rings. The van der Waals surface area contributed by atoms with Crippen LogP contribution in [0.25, 0.3) is 0 Å². The predicted octanol–water partition coefficient (Wildman–Crippen LogP) is 2.54. The van der Waals surface area contributed by atoms with Crippen molar-refractivity contribution in [2.75, 3.05) is 13.2 Å². The van der Waals surface area contributed by atoms with Gasteiger partial charge in [0, 0.05) is 18.2 Å². The molecule has 2 atom stereocenters. The molecule has 1 aromatic rings. The Hall–Kier alpha value is -1.46. The van der Waals surface area contributed by atoms with Crippen LogP contribution in [0.2, 0.25) is 5.02 Å². The van der Waals surface area contributed by atoms with Crippen LogP contribution in [0.4, 0.5) is 4.79 Å². The molecule has 0 saturated carbocycles. The lowest BCUT2D eigenvalue weighted by Crippen LogP contribution is -2.45. The third-order valence-electron chi connectivity index (χ3n) is 2.98. The SMILES string of the molecule is CC(NC(=O)NCC1CCCO1)Oc1ccc(Cl)cc1. The monoisotopic (exact) mass is 298 g/mol.